The number of hydrogen-bond donors (Lipinski definition) is 1. The Morgan fingerprint density at radius 1 is 1.11 bits per heavy atom. The first kappa shape index (κ1) is 12.2. The largest absolute Gasteiger partial charge is 0.356 e. The lowest BCUT2D eigenvalue weighted by atomic mass is 10.1. The summed E-state index contributed by atoms with van der Waals surface area (Å²) in [6.07, 6.45) is 3.85. The summed E-state index contributed by atoms with van der Waals surface area (Å²) in [7, 11) is 0. The van der Waals surface area contributed by atoms with Crippen molar-refractivity contribution in [2.24, 2.45) is 0 Å². The zero-order chi connectivity index (χ0) is 13.1. The van der Waals surface area contributed by atoms with E-state index in [1.165, 1.54) is 19.3 Å². The molecule has 1 saturated heterocycles. The van der Waals surface area contributed by atoms with Gasteiger partial charge < -0.3 is 10.2 Å². The lowest BCUT2D eigenvalue weighted by Gasteiger charge is -2.28. The van der Waals surface area contributed by atoms with Crippen molar-refractivity contribution in [2.45, 2.75) is 26.2 Å². The molecule has 1 N–H and O–H groups in total. The first-order valence-corrected chi connectivity index (χ1v) is 7.14. The fourth-order valence-electron chi connectivity index (χ4n) is 2.64. The summed E-state index contributed by atoms with van der Waals surface area (Å²) in [5.74, 6) is 1.82. The molecule has 3 rings (SSSR count). The van der Waals surface area contributed by atoms with E-state index in [9.17, 15) is 0 Å². The Hall–Kier alpha value is -1.84. The van der Waals surface area contributed by atoms with Crippen molar-refractivity contribution in [2.75, 3.05) is 29.9 Å². The van der Waals surface area contributed by atoms with Crippen LogP contribution in [0.5, 0.6) is 0 Å². The Morgan fingerprint density at radius 3 is 2.68 bits per heavy atom. The maximum Gasteiger partial charge on any atom is 0.225 e. The predicted molar refractivity (Wildman–Crippen MR) is 79.8 cm³/mol. The minimum atomic E-state index is 0.738. The van der Waals surface area contributed by atoms with Crippen LogP contribution in [-0.2, 0) is 0 Å². The molecular weight excluding hydrogens is 236 g/mol. The van der Waals surface area contributed by atoms with Crippen LogP contribution < -0.4 is 10.2 Å². The van der Waals surface area contributed by atoms with Gasteiger partial charge in [-0.2, -0.15) is 4.98 Å². The fraction of sp³-hybridized carbons (Fsp3) is 0.467. The first-order valence-electron chi connectivity index (χ1n) is 7.14. The number of nitrogens with one attached hydrogen (secondary N) is 1. The van der Waals surface area contributed by atoms with Gasteiger partial charge in [0.05, 0.1) is 5.52 Å². The third kappa shape index (κ3) is 2.48. The molecule has 0 spiro atoms. The highest BCUT2D eigenvalue weighted by atomic mass is 15.2. The molecule has 1 aromatic heterocycles. The van der Waals surface area contributed by atoms with Gasteiger partial charge in [-0.05, 0) is 38.3 Å². The van der Waals surface area contributed by atoms with E-state index in [4.69, 9.17) is 4.98 Å². The van der Waals surface area contributed by atoms with Gasteiger partial charge in [0.15, 0.2) is 0 Å². The zero-order valence-electron chi connectivity index (χ0n) is 11.4. The molecule has 0 amide bonds. The van der Waals surface area contributed by atoms with Crippen LogP contribution in [0, 0.1) is 0 Å². The van der Waals surface area contributed by atoms with Crippen LogP contribution in [0.25, 0.3) is 10.9 Å². The second-order valence-corrected chi connectivity index (χ2v) is 4.97. The van der Waals surface area contributed by atoms with Crippen LogP contribution >= 0.6 is 0 Å². The Morgan fingerprint density at radius 2 is 1.89 bits per heavy atom. The van der Waals surface area contributed by atoms with E-state index in [-0.39, 0.29) is 0 Å². The summed E-state index contributed by atoms with van der Waals surface area (Å²) in [6.45, 7) is 5.12. The molecule has 0 unspecified atom stereocenters. The van der Waals surface area contributed by atoms with Crippen LogP contribution in [-0.4, -0.2) is 29.6 Å². The van der Waals surface area contributed by atoms with Crippen molar-refractivity contribution in [3.05, 3.63) is 24.3 Å². The van der Waals surface area contributed by atoms with Gasteiger partial charge in [0.25, 0.3) is 0 Å². The molecule has 0 saturated carbocycles. The average Bonchev–Trinajstić information content (AvgIpc) is 2.48. The monoisotopic (exact) mass is 256 g/mol. The number of hydrogen-bond acceptors (Lipinski definition) is 4. The molecule has 0 atom stereocenters. The van der Waals surface area contributed by atoms with Gasteiger partial charge in [-0.1, -0.05) is 12.1 Å². The minimum absolute atomic E-state index is 0.738. The van der Waals surface area contributed by atoms with Crippen LogP contribution in [0.1, 0.15) is 26.2 Å². The summed E-state index contributed by atoms with van der Waals surface area (Å²) < 4.78 is 0. The van der Waals surface area contributed by atoms with Gasteiger partial charge in [0, 0.05) is 25.0 Å². The Labute approximate surface area is 113 Å². The van der Waals surface area contributed by atoms with Crippen molar-refractivity contribution in [1.29, 1.82) is 0 Å². The summed E-state index contributed by atoms with van der Waals surface area (Å²) in [6, 6.07) is 8.28. The van der Waals surface area contributed by atoms with Crippen molar-refractivity contribution >= 4 is 22.7 Å². The van der Waals surface area contributed by atoms with Crippen LogP contribution in [0.15, 0.2) is 24.3 Å². The molecule has 2 heterocycles. The summed E-state index contributed by atoms with van der Waals surface area (Å²) in [5.41, 5.74) is 1.02. The van der Waals surface area contributed by atoms with Gasteiger partial charge in [-0.15, -0.1) is 0 Å². The van der Waals surface area contributed by atoms with Gasteiger partial charge in [0.2, 0.25) is 5.95 Å². The van der Waals surface area contributed by atoms with E-state index >= 15 is 0 Å². The van der Waals surface area contributed by atoms with Crippen molar-refractivity contribution in [3.8, 4) is 0 Å². The zero-order valence-corrected chi connectivity index (χ0v) is 11.4. The third-order valence-corrected chi connectivity index (χ3v) is 3.57. The Balaban J connectivity index is 2.08. The lowest BCUT2D eigenvalue weighted by molar-refractivity contribution is 0.575. The normalized spacial score (nSPS) is 15.7. The van der Waals surface area contributed by atoms with Crippen LogP contribution in [0.3, 0.4) is 0 Å². The third-order valence-electron chi connectivity index (χ3n) is 3.57. The number of anilines is 2. The van der Waals surface area contributed by atoms with Gasteiger partial charge >= 0.3 is 0 Å². The second-order valence-electron chi connectivity index (χ2n) is 4.97. The van der Waals surface area contributed by atoms with E-state index in [0.717, 1.165) is 42.3 Å². The highest BCUT2D eigenvalue weighted by Gasteiger charge is 2.16. The number of para-hydroxylation sites is 1. The summed E-state index contributed by atoms with van der Waals surface area (Å²) in [4.78, 5) is 11.7. The number of rotatable bonds is 3. The van der Waals surface area contributed by atoms with Crippen LogP contribution in [0.2, 0.25) is 0 Å². The maximum atomic E-state index is 4.72. The quantitative estimate of drug-likeness (QED) is 0.916. The van der Waals surface area contributed by atoms with Crippen molar-refractivity contribution < 1.29 is 0 Å². The summed E-state index contributed by atoms with van der Waals surface area (Å²) >= 11 is 0. The lowest BCUT2D eigenvalue weighted by Crippen LogP contribution is -2.30. The predicted octanol–water partition coefficient (Wildman–Crippen LogP) is 3.05. The standard InChI is InChI=1S/C15H20N4/c1-2-16-15-17-13-9-5-4-8-12(13)14(18-15)19-10-6-3-7-11-19/h4-5,8-9H,2-3,6-7,10-11H2,1H3,(H,16,17,18). The molecule has 0 bridgehead atoms. The van der Waals surface area contributed by atoms with Gasteiger partial charge in [0.1, 0.15) is 5.82 Å². The Kier molecular flexibility index (Phi) is 3.49. The van der Waals surface area contributed by atoms with Crippen molar-refractivity contribution in [1.82, 2.24) is 9.97 Å². The molecule has 100 valence electrons. The van der Waals surface area contributed by atoms with E-state index in [2.05, 4.69) is 40.3 Å². The van der Waals surface area contributed by atoms with Crippen molar-refractivity contribution in [3.63, 3.8) is 0 Å². The SMILES string of the molecule is CCNc1nc(N2CCCCC2)c2ccccc2n1. The number of benzene rings is 1. The van der Waals surface area contributed by atoms with Crippen LogP contribution in [0.4, 0.5) is 11.8 Å². The molecular formula is C15H20N4. The molecule has 0 aliphatic carbocycles. The number of piperidine rings is 1. The summed E-state index contributed by atoms with van der Waals surface area (Å²) in [5, 5.41) is 4.39. The molecule has 1 aromatic carbocycles. The smallest absolute Gasteiger partial charge is 0.225 e. The first-order chi connectivity index (χ1) is 9.38. The Bertz CT molecular complexity index is 561. The molecule has 19 heavy (non-hydrogen) atoms. The van der Waals surface area contributed by atoms with Gasteiger partial charge in [-0.3, -0.25) is 0 Å². The fourth-order valence-corrected chi connectivity index (χ4v) is 2.64. The number of nitrogens with zero attached hydrogens (tertiary/aromatic N) is 3. The van der Waals surface area contributed by atoms with Gasteiger partial charge in [-0.25, -0.2) is 4.98 Å². The molecule has 2 aromatic rings. The molecule has 0 radical (unpaired) electrons. The molecule has 1 aliphatic rings. The van der Waals surface area contributed by atoms with E-state index in [1.54, 1.807) is 0 Å². The molecule has 1 aliphatic heterocycles. The highest BCUT2D eigenvalue weighted by molar-refractivity contribution is 5.90. The topological polar surface area (TPSA) is 41.1 Å². The average molecular weight is 256 g/mol. The molecule has 4 heteroatoms. The minimum Gasteiger partial charge on any atom is -0.356 e. The second kappa shape index (κ2) is 5.43. The number of aromatic nitrogens is 2. The molecule has 1 fully saturated rings. The van der Waals surface area contributed by atoms with E-state index in [1.807, 2.05) is 6.07 Å². The maximum absolute atomic E-state index is 4.72. The van der Waals surface area contributed by atoms with E-state index < -0.39 is 0 Å². The van der Waals surface area contributed by atoms with E-state index in [0.29, 0.717) is 0 Å². The molecule has 4 nitrogen and oxygen atoms in total. The highest BCUT2D eigenvalue weighted by Crippen LogP contribution is 2.27. The number of fused-ring (bicyclic) bond motifs is 1.